The summed E-state index contributed by atoms with van der Waals surface area (Å²) in [5.74, 6) is -4.03. The van der Waals surface area contributed by atoms with Gasteiger partial charge in [0.1, 0.15) is 18.3 Å². The number of carbonyl (C=O) groups excluding carboxylic acids is 2. The zero-order chi connectivity index (χ0) is 17.3. The summed E-state index contributed by atoms with van der Waals surface area (Å²) in [4.78, 5) is 33.6. The third kappa shape index (κ3) is 6.61. The maximum atomic E-state index is 11.6. The van der Waals surface area contributed by atoms with Crippen LogP contribution in [0.2, 0.25) is 0 Å². The van der Waals surface area contributed by atoms with Crippen LogP contribution in [-0.2, 0) is 14.4 Å². The third-order valence-corrected chi connectivity index (χ3v) is 3.30. The second-order valence-electron chi connectivity index (χ2n) is 5.16. The van der Waals surface area contributed by atoms with Gasteiger partial charge >= 0.3 is 5.97 Å². The lowest BCUT2D eigenvalue weighted by atomic mass is 9.96. The van der Waals surface area contributed by atoms with Gasteiger partial charge < -0.3 is 25.5 Å². The Morgan fingerprint density at radius 3 is 1.82 bits per heavy atom. The zero-order valence-electron chi connectivity index (χ0n) is 12.5. The van der Waals surface area contributed by atoms with Gasteiger partial charge in [-0.25, -0.2) is 4.79 Å². The van der Waals surface area contributed by atoms with E-state index in [9.17, 15) is 29.7 Å². The molecule has 128 valence electrons. The van der Waals surface area contributed by atoms with Crippen LogP contribution in [0, 0.1) is 0 Å². The number of carboxylic acid groups (broad SMARTS) is 1. The van der Waals surface area contributed by atoms with E-state index in [1.54, 1.807) is 0 Å². The molecule has 22 heavy (non-hydrogen) atoms. The molecule has 0 aromatic heterocycles. The summed E-state index contributed by atoms with van der Waals surface area (Å²) in [6.45, 7) is 2.03. The van der Waals surface area contributed by atoms with Crippen LogP contribution in [0.3, 0.4) is 0 Å². The summed E-state index contributed by atoms with van der Waals surface area (Å²) in [7, 11) is 0. The van der Waals surface area contributed by atoms with Gasteiger partial charge in [-0.2, -0.15) is 0 Å². The molecule has 0 aliphatic rings. The molecule has 0 amide bonds. The Balaban J connectivity index is 4.39. The van der Waals surface area contributed by atoms with Gasteiger partial charge in [-0.3, -0.25) is 9.59 Å². The second-order valence-corrected chi connectivity index (χ2v) is 5.16. The topological polar surface area (TPSA) is 152 Å². The molecule has 0 aliphatic carbocycles. The van der Waals surface area contributed by atoms with Crippen LogP contribution in [0.25, 0.3) is 0 Å². The van der Waals surface area contributed by atoms with Gasteiger partial charge in [0.2, 0.25) is 11.6 Å². The first kappa shape index (κ1) is 20.6. The number of ketones is 2. The molecule has 0 spiro atoms. The average Bonchev–Trinajstić information content (AvgIpc) is 2.50. The number of aliphatic carboxylic acids is 1. The van der Waals surface area contributed by atoms with E-state index in [0.717, 1.165) is 25.7 Å². The molecule has 0 unspecified atom stereocenters. The number of carboxylic acids is 1. The highest BCUT2D eigenvalue weighted by molar-refractivity contribution is 6.38. The van der Waals surface area contributed by atoms with E-state index >= 15 is 0 Å². The van der Waals surface area contributed by atoms with E-state index in [2.05, 4.69) is 0 Å². The van der Waals surface area contributed by atoms with Crippen molar-refractivity contribution in [1.29, 1.82) is 0 Å². The van der Waals surface area contributed by atoms with E-state index < -0.39 is 42.0 Å². The van der Waals surface area contributed by atoms with Crippen molar-refractivity contribution in [1.82, 2.24) is 0 Å². The molecular weight excluding hydrogens is 296 g/mol. The van der Waals surface area contributed by atoms with Gasteiger partial charge in [-0.05, 0) is 6.42 Å². The lowest BCUT2D eigenvalue weighted by Crippen LogP contribution is -2.51. The number of carbonyl (C=O) groups is 3. The van der Waals surface area contributed by atoms with Gasteiger partial charge in [0.05, 0.1) is 0 Å². The summed E-state index contributed by atoms with van der Waals surface area (Å²) in [6.07, 6.45) is -5.09. The van der Waals surface area contributed by atoms with Crippen molar-refractivity contribution in [3.05, 3.63) is 0 Å². The minimum absolute atomic E-state index is 0.0933. The zero-order valence-corrected chi connectivity index (χ0v) is 12.5. The number of rotatable bonds is 12. The van der Waals surface area contributed by atoms with Crippen LogP contribution < -0.4 is 0 Å². The highest BCUT2D eigenvalue weighted by Gasteiger charge is 2.38. The van der Waals surface area contributed by atoms with Crippen molar-refractivity contribution in [2.45, 2.75) is 69.9 Å². The summed E-state index contributed by atoms with van der Waals surface area (Å²) in [5, 5.41) is 45.8. The fraction of sp³-hybridized carbons (Fsp3) is 0.786. The highest BCUT2D eigenvalue weighted by atomic mass is 16.4. The van der Waals surface area contributed by atoms with Crippen molar-refractivity contribution < 1.29 is 39.9 Å². The smallest absolute Gasteiger partial charge is 0.335 e. The van der Waals surface area contributed by atoms with Gasteiger partial charge in [-0.1, -0.05) is 32.6 Å². The van der Waals surface area contributed by atoms with Crippen molar-refractivity contribution in [2.75, 3.05) is 0 Å². The van der Waals surface area contributed by atoms with Gasteiger partial charge in [0.25, 0.3) is 0 Å². The summed E-state index contributed by atoms with van der Waals surface area (Å²) >= 11 is 0. The average molecular weight is 320 g/mol. The molecule has 5 N–H and O–H groups in total. The lowest BCUT2D eigenvalue weighted by Gasteiger charge is -2.23. The van der Waals surface area contributed by atoms with Crippen molar-refractivity contribution in [2.24, 2.45) is 0 Å². The van der Waals surface area contributed by atoms with Crippen LogP contribution >= 0.6 is 0 Å². The first-order valence-corrected chi connectivity index (χ1v) is 7.26. The Kier molecular flexibility index (Phi) is 9.75. The molecule has 0 heterocycles. The van der Waals surface area contributed by atoms with E-state index in [0.29, 0.717) is 6.42 Å². The number of aliphatic hydroxyl groups excluding tert-OH is 4. The predicted molar refractivity (Wildman–Crippen MR) is 75.1 cm³/mol. The second kappa shape index (κ2) is 10.4. The van der Waals surface area contributed by atoms with Crippen LogP contribution in [-0.4, -0.2) is 67.5 Å². The summed E-state index contributed by atoms with van der Waals surface area (Å²) in [6, 6.07) is 0. The first-order chi connectivity index (χ1) is 10.2. The van der Waals surface area contributed by atoms with Gasteiger partial charge in [-0.15, -0.1) is 0 Å². The molecule has 0 saturated carbocycles. The number of unbranched alkanes of at least 4 members (excludes halogenated alkanes) is 4. The van der Waals surface area contributed by atoms with E-state index in [1.807, 2.05) is 6.92 Å². The Morgan fingerprint density at radius 1 is 0.818 bits per heavy atom. The fourth-order valence-corrected chi connectivity index (χ4v) is 1.85. The van der Waals surface area contributed by atoms with Gasteiger partial charge in [0, 0.05) is 6.42 Å². The molecule has 4 atom stereocenters. The predicted octanol–water partition coefficient (Wildman–Crippen LogP) is -0.987. The maximum absolute atomic E-state index is 11.6. The quantitative estimate of drug-likeness (QED) is 0.227. The molecule has 0 aromatic carbocycles. The third-order valence-electron chi connectivity index (χ3n) is 3.30. The van der Waals surface area contributed by atoms with E-state index in [4.69, 9.17) is 10.2 Å². The molecule has 0 saturated heterocycles. The molecule has 8 heteroatoms. The lowest BCUT2D eigenvalue weighted by molar-refractivity contribution is -0.166. The van der Waals surface area contributed by atoms with Crippen LogP contribution in [0.4, 0.5) is 0 Å². The molecule has 0 aromatic rings. The standard InChI is InChI=1S/C14H24O8/c1-2-3-4-5-6-7-8(15)9(16)10(17)11(18)12(19)13(20)14(21)22/h10-13,17-20H,2-7H2,1H3,(H,21,22)/t10-,11+,12-,13-/m0/s1. The summed E-state index contributed by atoms with van der Waals surface area (Å²) in [5.41, 5.74) is 0. The Labute approximate surface area is 128 Å². The molecule has 0 radical (unpaired) electrons. The monoisotopic (exact) mass is 320 g/mol. The van der Waals surface area contributed by atoms with Gasteiger partial charge in [0.15, 0.2) is 6.10 Å². The Morgan fingerprint density at radius 2 is 1.32 bits per heavy atom. The van der Waals surface area contributed by atoms with Crippen LogP contribution in [0.15, 0.2) is 0 Å². The molecule has 8 nitrogen and oxygen atoms in total. The summed E-state index contributed by atoms with van der Waals surface area (Å²) < 4.78 is 0. The minimum atomic E-state index is -2.37. The van der Waals surface area contributed by atoms with Crippen molar-refractivity contribution >= 4 is 17.5 Å². The van der Waals surface area contributed by atoms with E-state index in [1.165, 1.54) is 0 Å². The Hall–Kier alpha value is -1.35. The molecule has 0 fully saturated rings. The first-order valence-electron chi connectivity index (χ1n) is 7.26. The molecular formula is C14H24O8. The largest absolute Gasteiger partial charge is 0.479 e. The molecule has 0 rings (SSSR count). The normalized spacial score (nSPS) is 16.6. The number of hydrogen-bond donors (Lipinski definition) is 5. The number of hydrogen-bond acceptors (Lipinski definition) is 7. The SMILES string of the molecule is CCCCCCCC(=O)C(=O)[C@H](O)[C@@H](O)[C@H](O)[C@H](O)C(=O)O. The number of aliphatic hydroxyl groups is 4. The number of Topliss-reactive ketones (excluding diaryl/α,β-unsaturated/α-hetero) is 2. The fourth-order valence-electron chi connectivity index (χ4n) is 1.85. The van der Waals surface area contributed by atoms with Crippen LogP contribution in [0.1, 0.15) is 45.4 Å². The highest BCUT2D eigenvalue weighted by Crippen LogP contribution is 2.10. The van der Waals surface area contributed by atoms with Crippen molar-refractivity contribution in [3.63, 3.8) is 0 Å². The van der Waals surface area contributed by atoms with E-state index in [-0.39, 0.29) is 6.42 Å². The van der Waals surface area contributed by atoms with Crippen molar-refractivity contribution in [3.8, 4) is 0 Å². The Bertz CT molecular complexity index is 381. The molecule has 0 bridgehead atoms. The molecule has 0 aliphatic heterocycles. The maximum Gasteiger partial charge on any atom is 0.335 e. The van der Waals surface area contributed by atoms with Crippen LogP contribution in [0.5, 0.6) is 0 Å². The minimum Gasteiger partial charge on any atom is -0.479 e.